The van der Waals surface area contributed by atoms with Crippen LogP contribution in [0, 0.1) is 5.82 Å². The van der Waals surface area contributed by atoms with Crippen LogP contribution in [0.4, 0.5) is 4.39 Å². The van der Waals surface area contributed by atoms with E-state index in [2.05, 4.69) is 14.5 Å². The van der Waals surface area contributed by atoms with Crippen LogP contribution in [0.25, 0.3) is 0 Å². The van der Waals surface area contributed by atoms with Gasteiger partial charge in [0.2, 0.25) is 5.91 Å². The number of hydrogen-bond acceptors (Lipinski definition) is 3. The molecule has 2 aromatic rings. The summed E-state index contributed by atoms with van der Waals surface area (Å²) in [5, 5.41) is 0. The highest BCUT2D eigenvalue weighted by Crippen LogP contribution is 2.14. The summed E-state index contributed by atoms with van der Waals surface area (Å²) >= 11 is 0. The van der Waals surface area contributed by atoms with Gasteiger partial charge in [-0.2, -0.15) is 0 Å². The molecule has 0 saturated carbocycles. The van der Waals surface area contributed by atoms with Gasteiger partial charge in [0.1, 0.15) is 11.6 Å². The summed E-state index contributed by atoms with van der Waals surface area (Å²) in [6.07, 6.45) is 3.01. The maximum absolute atomic E-state index is 13.0. The Morgan fingerprint density at radius 1 is 1.21 bits per heavy atom. The molecule has 1 aliphatic rings. The van der Waals surface area contributed by atoms with Gasteiger partial charge in [0, 0.05) is 38.8 Å². The van der Waals surface area contributed by atoms with Gasteiger partial charge in [-0.1, -0.05) is 12.1 Å². The molecule has 5 nitrogen and oxygen atoms in total. The topological polar surface area (TPSA) is 41.4 Å². The smallest absolute Gasteiger partial charge is 0.227 e. The molecule has 6 heteroatoms. The fraction of sp³-hybridized carbons (Fsp3) is 0.444. The quantitative estimate of drug-likeness (QED) is 0.857. The van der Waals surface area contributed by atoms with Crippen molar-refractivity contribution in [2.45, 2.75) is 25.9 Å². The van der Waals surface area contributed by atoms with E-state index in [1.54, 1.807) is 12.1 Å². The molecule has 0 radical (unpaired) electrons. The summed E-state index contributed by atoms with van der Waals surface area (Å²) in [6, 6.07) is 6.14. The zero-order chi connectivity index (χ0) is 17.1. The highest BCUT2D eigenvalue weighted by atomic mass is 19.1. The molecule has 1 aromatic heterocycles. The summed E-state index contributed by atoms with van der Waals surface area (Å²) in [4.78, 5) is 21.1. The van der Waals surface area contributed by atoms with Crippen molar-refractivity contribution >= 4 is 5.91 Å². The minimum Gasteiger partial charge on any atom is -0.340 e. The molecule has 24 heavy (non-hydrogen) atoms. The number of imidazole rings is 1. The maximum atomic E-state index is 13.0. The first-order chi connectivity index (χ1) is 11.5. The minimum atomic E-state index is -0.278. The van der Waals surface area contributed by atoms with Gasteiger partial charge in [-0.15, -0.1) is 0 Å². The van der Waals surface area contributed by atoms with Crippen molar-refractivity contribution in [2.24, 2.45) is 0 Å². The summed E-state index contributed by atoms with van der Waals surface area (Å²) < 4.78 is 15.2. The van der Waals surface area contributed by atoms with E-state index in [0.717, 1.165) is 30.9 Å². The molecule has 0 bridgehead atoms. The van der Waals surface area contributed by atoms with E-state index in [9.17, 15) is 9.18 Å². The molecule has 3 rings (SSSR count). The minimum absolute atomic E-state index is 0.0847. The fourth-order valence-electron chi connectivity index (χ4n) is 3.08. The Morgan fingerprint density at radius 3 is 2.67 bits per heavy atom. The second kappa shape index (κ2) is 7.13. The van der Waals surface area contributed by atoms with Crippen LogP contribution in [0.2, 0.25) is 0 Å². The molecule has 0 fully saturated rings. The highest BCUT2D eigenvalue weighted by Gasteiger charge is 2.21. The largest absolute Gasteiger partial charge is 0.340 e. The lowest BCUT2D eigenvalue weighted by Gasteiger charge is -2.20. The number of benzene rings is 1. The average molecular weight is 330 g/mol. The number of rotatable bonds is 4. The highest BCUT2D eigenvalue weighted by molar-refractivity contribution is 5.78. The summed E-state index contributed by atoms with van der Waals surface area (Å²) in [5.41, 5.74) is 2.03. The number of carbonyl (C=O) groups excluding carboxylic acids is 1. The maximum Gasteiger partial charge on any atom is 0.227 e. The number of hydrogen-bond donors (Lipinski definition) is 0. The molecule has 0 aliphatic carbocycles. The Hall–Kier alpha value is -2.21. The lowest BCUT2D eigenvalue weighted by molar-refractivity contribution is -0.130. The first kappa shape index (κ1) is 16.6. The number of aromatic nitrogens is 2. The molecule has 0 N–H and O–H groups in total. The van der Waals surface area contributed by atoms with Gasteiger partial charge in [0.25, 0.3) is 0 Å². The van der Waals surface area contributed by atoms with Gasteiger partial charge in [-0.3, -0.25) is 4.79 Å². The van der Waals surface area contributed by atoms with Crippen LogP contribution >= 0.6 is 0 Å². The molecule has 0 atom stereocenters. The summed E-state index contributed by atoms with van der Waals surface area (Å²) in [6.45, 7) is 2.98. The lowest BCUT2D eigenvalue weighted by atomic mass is 10.1. The third-order valence-corrected chi connectivity index (χ3v) is 4.32. The van der Waals surface area contributed by atoms with Crippen molar-refractivity contribution in [1.82, 2.24) is 19.4 Å². The van der Waals surface area contributed by atoms with Crippen molar-refractivity contribution in [3.05, 3.63) is 53.4 Å². The van der Waals surface area contributed by atoms with Gasteiger partial charge in [-0.05, 0) is 31.8 Å². The van der Waals surface area contributed by atoms with Crippen molar-refractivity contribution < 1.29 is 9.18 Å². The normalized spacial score (nSPS) is 14.6. The van der Waals surface area contributed by atoms with Crippen molar-refractivity contribution in [3.8, 4) is 0 Å². The van der Waals surface area contributed by atoms with Gasteiger partial charge < -0.3 is 14.4 Å². The first-order valence-electron chi connectivity index (χ1n) is 8.23. The van der Waals surface area contributed by atoms with Gasteiger partial charge in [0.05, 0.1) is 12.1 Å². The van der Waals surface area contributed by atoms with Crippen LogP contribution in [0.5, 0.6) is 0 Å². The molecular formula is C18H23FN4O. The average Bonchev–Trinajstić information content (AvgIpc) is 2.78. The Bertz CT molecular complexity index is 708. The number of nitrogens with zero attached hydrogens (tertiary/aromatic N) is 4. The zero-order valence-electron chi connectivity index (χ0n) is 14.2. The van der Waals surface area contributed by atoms with E-state index >= 15 is 0 Å². The predicted octanol–water partition coefficient (Wildman–Crippen LogP) is 1.71. The number of carbonyl (C=O) groups is 1. The molecular weight excluding hydrogens is 307 g/mol. The predicted molar refractivity (Wildman–Crippen MR) is 90.0 cm³/mol. The molecule has 128 valence electrons. The Kier molecular flexibility index (Phi) is 4.94. The second-order valence-corrected chi connectivity index (χ2v) is 6.49. The van der Waals surface area contributed by atoms with E-state index in [1.165, 1.54) is 17.8 Å². The molecule has 0 unspecified atom stereocenters. The van der Waals surface area contributed by atoms with E-state index < -0.39 is 0 Å². The summed E-state index contributed by atoms with van der Waals surface area (Å²) in [7, 11) is 4.07. The molecule has 1 amide bonds. The molecule has 0 spiro atoms. The number of halogens is 1. The molecule has 0 saturated heterocycles. The van der Waals surface area contributed by atoms with E-state index in [0.29, 0.717) is 19.5 Å². The fourth-order valence-corrected chi connectivity index (χ4v) is 3.08. The van der Waals surface area contributed by atoms with Crippen LogP contribution in [0.3, 0.4) is 0 Å². The van der Waals surface area contributed by atoms with Crippen LogP contribution in [-0.4, -0.2) is 52.4 Å². The summed E-state index contributed by atoms with van der Waals surface area (Å²) in [5.74, 6) is 0.852. The van der Waals surface area contributed by atoms with Crippen LogP contribution in [0.1, 0.15) is 17.1 Å². The standard InChI is InChI=1S/C18H23FN4O/c1-21(2)13-16-12-20-17-7-8-22(9-10-23(16)17)18(24)11-14-3-5-15(19)6-4-14/h3-6,12H,7-11,13H2,1-2H3. The first-order valence-corrected chi connectivity index (χ1v) is 8.23. The number of amides is 1. The van der Waals surface area contributed by atoms with E-state index in [4.69, 9.17) is 0 Å². The third kappa shape index (κ3) is 3.82. The Labute approximate surface area is 141 Å². The third-order valence-electron chi connectivity index (χ3n) is 4.32. The van der Waals surface area contributed by atoms with Crippen LogP contribution < -0.4 is 0 Å². The SMILES string of the molecule is CN(C)Cc1cnc2n1CCN(C(=O)Cc1ccc(F)cc1)CC2. The Morgan fingerprint density at radius 2 is 1.96 bits per heavy atom. The van der Waals surface area contributed by atoms with E-state index in [-0.39, 0.29) is 11.7 Å². The van der Waals surface area contributed by atoms with Crippen LogP contribution in [-0.2, 0) is 30.7 Å². The number of fused-ring (bicyclic) bond motifs is 1. The Balaban J connectivity index is 1.64. The molecule has 1 aromatic carbocycles. The van der Waals surface area contributed by atoms with Crippen molar-refractivity contribution in [3.63, 3.8) is 0 Å². The lowest BCUT2D eigenvalue weighted by Crippen LogP contribution is -2.35. The van der Waals surface area contributed by atoms with Crippen molar-refractivity contribution in [2.75, 3.05) is 27.2 Å². The van der Waals surface area contributed by atoms with Crippen molar-refractivity contribution in [1.29, 1.82) is 0 Å². The molecule has 1 aliphatic heterocycles. The van der Waals surface area contributed by atoms with Gasteiger partial charge in [0.15, 0.2) is 0 Å². The molecule has 2 heterocycles. The van der Waals surface area contributed by atoms with Crippen LogP contribution in [0.15, 0.2) is 30.5 Å². The van der Waals surface area contributed by atoms with Gasteiger partial charge >= 0.3 is 0 Å². The zero-order valence-corrected chi connectivity index (χ0v) is 14.2. The van der Waals surface area contributed by atoms with E-state index in [1.807, 2.05) is 25.2 Å². The second-order valence-electron chi connectivity index (χ2n) is 6.49. The van der Waals surface area contributed by atoms with Gasteiger partial charge in [-0.25, -0.2) is 9.37 Å². The monoisotopic (exact) mass is 330 g/mol.